The number of carbonyl (C=O) groups excluding carboxylic acids is 3. The van der Waals surface area contributed by atoms with Crippen molar-refractivity contribution in [2.45, 2.75) is 58.2 Å². The van der Waals surface area contributed by atoms with Crippen LogP contribution in [0.4, 0.5) is 4.79 Å². The first-order valence-corrected chi connectivity index (χ1v) is 7.88. The molecule has 23 heavy (non-hydrogen) atoms. The van der Waals surface area contributed by atoms with E-state index in [1.54, 1.807) is 27.7 Å². The minimum Gasteiger partial charge on any atom is -0.444 e. The molecule has 132 valence electrons. The number of nitrogens with one attached hydrogen (secondary N) is 2. The first-order valence-electron chi connectivity index (χ1n) is 7.88. The predicted molar refractivity (Wildman–Crippen MR) is 83.7 cm³/mol. The van der Waals surface area contributed by atoms with Crippen molar-refractivity contribution in [3.05, 3.63) is 0 Å². The molecule has 0 aromatic rings. The monoisotopic (exact) mass is 329 g/mol. The van der Waals surface area contributed by atoms with Crippen LogP contribution in [0.1, 0.15) is 40.5 Å². The average molecular weight is 329 g/mol. The van der Waals surface area contributed by atoms with E-state index in [0.29, 0.717) is 25.9 Å². The Hall–Kier alpha value is -1.83. The molecule has 1 rings (SSSR count). The van der Waals surface area contributed by atoms with Crippen molar-refractivity contribution < 1.29 is 24.2 Å². The summed E-state index contributed by atoms with van der Waals surface area (Å²) in [5, 5.41) is 14.5. The molecule has 1 heterocycles. The lowest BCUT2D eigenvalue weighted by molar-refractivity contribution is -0.140. The zero-order valence-corrected chi connectivity index (χ0v) is 14.2. The van der Waals surface area contributed by atoms with Gasteiger partial charge in [0.05, 0.1) is 6.61 Å². The molecule has 0 unspecified atom stereocenters. The van der Waals surface area contributed by atoms with Crippen molar-refractivity contribution in [3.8, 4) is 0 Å². The van der Waals surface area contributed by atoms with E-state index in [9.17, 15) is 19.5 Å². The summed E-state index contributed by atoms with van der Waals surface area (Å²) in [5.74, 6) is -0.695. The van der Waals surface area contributed by atoms with Crippen LogP contribution >= 0.6 is 0 Å². The van der Waals surface area contributed by atoms with Gasteiger partial charge in [0, 0.05) is 13.1 Å². The van der Waals surface area contributed by atoms with Crippen molar-refractivity contribution in [2.75, 3.05) is 19.7 Å². The van der Waals surface area contributed by atoms with E-state index in [4.69, 9.17) is 4.74 Å². The van der Waals surface area contributed by atoms with Gasteiger partial charge in [-0.1, -0.05) is 0 Å². The van der Waals surface area contributed by atoms with Crippen LogP contribution in [0, 0.1) is 0 Å². The van der Waals surface area contributed by atoms with Gasteiger partial charge in [-0.25, -0.2) is 4.79 Å². The van der Waals surface area contributed by atoms with Crippen LogP contribution in [0.15, 0.2) is 0 Å². The Balaban J connectivity index is 2.71. The van der Waals surface area contributed by atoms with Crippen molar-refractivity contribution >= 4 is 17.9 Å². The first-order chi connectivity index (χ1) is 10.7. The highest BCUT2D eigenvalue weighted by molar-refractivity contribution is 5.91. The molecule has 8 heteroatoms. The Morgan fingerprint density at radius 2 is 2.00 bits per heavy atom. The van der Waals surface area contributed by atoms with Gasteiger partial charge in [0.2, 0.25) is 11.8 Å². The maximum absolute atomic E-state index is 12.5. The zero-order valence-electron chi connectivity index (χ0n) is 14.2. The molecule has 0 aliphatic carbocycles. The Bertz CT molecular complexity index is 447. The Kier molecular flexibility index (Phi) is 6.80. The highest BCUT2D eigenvalue weighted by Gasteiger charge is 2.37. The largest absolute Gasteiger partial charge is 0.444 e. The van der Waals surface area contributed by atoms with E-state index in [-0.39, 0.29) is 5.91 Å². The number of alkyl carbamates (subject to hydrolysis) is 1. The summed E-state index contributed by atoms with van der Waals surface area (Å²) >= 11 is 0. The molecule has 0 radical (unpaired) electrons. The number of carbonyl (C=O) groups is 3. The highest BCUT2D eigenvalue weighted by atomic mass is 16.6. The van der Waals surface area contributed by atoms with Crippen molar-refractivity contribution in [3.63, 3.8) is 0 Å². The number of rotatable bonds is 5. The Labute approximate surface area is 136 Å². The van der Waals surface area contributed by atoms with Crippen LogP contribution in [0.25, 0.3) is 0 Å². The summed E-state index contributed by atoms with van der Waals surface area (Å²) in [7, 11) is 0. The van der Waals surface area contributed by atoms with E-state index in [1.807, 2.05) is 0 Å². The summed E-state index contributed by atoms with van der Waals surface area (Å²) in [6, 6.07) is -1.68. The summed E-state index contributed by atoms with van der Waals surface area (Å²) in [5.41, 5.74) is -0.704. The number of nitrogens with zero attached hydrogens (tertiary/aromatic N) is 1. The zero-order chi connectivity index (χ0) is 17.6. The van der Waals surface area contributed by atoms with E-state index < -0.39 is 36.3 Å². The molecule has 0 aromatic heterocycles. The molecule has 0 spiro atoms. The maximum Gasteiger partial charge on any atom is 0.408 e. The molecule has 1 aliphatic heterocycles. The molecular formula is C15H27N3O5. The highest BCUT2D eigenvalue weighted by Crippen LogP contribution is 2.18. The number of hydrogen-bond donors (Lipinski definition) is 3. The number of likely N-dealkylation sites (tertiary alicyclic amines) is 1. The normalized spacial score (nSPS) is 19.2. The van der Waals surface area contributed by atoms with Gasteiger partial charge in [-0.3, -0.25) is 9.59 Å². The third-order valence-corrected chi connectivity index (χ3v) is 3.36. The summed E-state index contributed by atoms with van der Waals surface area (Å²) in [6.07, 6.45) is 0.499. The average Bonchev–Trinajstić information content (AvgIpc) is 2.91. The number of aliphatic hydroxyl groups is 1. The van der Waals surface area contributed by atoms with E-state index in [0.717, 1.165) is 0 Å². The molecule has 2 atom stereocenters. The Morgan fingerprint density at radius 1 is 1.35 bits per heavy atom. The van der Waals surface area contributed by atoms with Gasteiger partial charge in [0.15, 0.2) is 0 Å². The van der Waals surface area contributed by atoms with Crippen LogP contribution in [-0.4, -0.2) is 65.3 Å². The third-order valence-electron chi connectivity index (χ3n) is 3.36. The second-order valence-electron chi connectivity index (χ2n) is 6.47. The minimum absolute atomic E-state index is 0.215. The molecule has 0 aromatic carbocycles. The number of hydrogen-bond acceptors (Lipinski definition) is 5. The number of ether oxygens (including phenoxy) is 1. The second-order valence-corrected chi connectivity index (χ2v) is 6.47. The van der Waals surface area contributed by atoms with Crippen molar-refractivity contribution in [2.24, 2.45) is 0 Å². The standard InChI is InChI=1S/C15H27N3O5/c1-5-16-12(20)11-7-6-8-18(11)13(21)10(9-19)17-14(22)23-15(2,3)4/h10-11,19H,5-9H2,1-4H3,(H,16,20)(H,17,22)/t10-,11+/m1/s1. The van der Waals surface area contributed by atoms with Gasteiger partial charge in [0.25, 0.3) is 0 Å². The fourth-order valence-electron chi connectivity index (χ4n) is 2.43. The van der Waals surface area contributed by atoms with E-state index >= 15 is 0 Å². The summed E-state index contributed by atoms with van der Waals surface area (Å²) in [6.45, 7) is 7.26. The van der Waals surface area contributed by atoms with Gasteiger partial charge < -0.3 is 25.4 Å². The molecular weight excluding hydrogens is 302 g/mol. The van der Waals surface area contributed by atoms with Gasteiger partial charge in [-0.05, 0) is 40.5 Å². The van der Waals surface area contributed by atoms with E-state index in [2.05, 4.69) is 10.6 Å². The molecule has 1 fully saturated rings. The van der Waals surface area contributed by atoms with Gasteiger partial charge >= 0.3 is 6.09 Å². The lowest BCUT2D eigenvalue weighted by Crippen LogP contribution is -2.55. The fourth-order valence-corrected chi connectivity index (χ4v) is 2.43. The van der Waals surface area contributed by atoms with Crippen molar-refractivity contribution in [1.82, 2.24) is 15.5 Å². The fraction of sp³-hybridized carbons (Fsp3) is 0.800. The SMILES string of the molecule is CCNC(=O)[C@@H]1CCCN1C(=O)[C@@H](CO)NC(=O)OC(C)(C)C. The summed E-state index contributed by atoms with van der Waals surface area (Å²) < 4.78 is 5.08. The Morgan fingerprint density at radius 3 is 2.52 bits per heavy atom. The van der Waals surface area contributed by atoms with Gasteiger partial charge in [-0.15, -0.1) is 0 Å². The van der Waals surface area contributed by atoms with Gasteiger partial charge in [-0.2, -0.15) is 0 Å². The van der Waals surface area contributed by atoms with E-state index in [1.165, 1.54) is 4.90 Å². The number of likely N-dealkylation sites (N-methyl/N-ethyl adjacent to an activating group) is 1. The second kappa shape index (κ2) is 8.14. The maximum atomic E-state index is 12.5. The number of amides is 3. The van der Waals surface area contributed by atoms with Gasteiger partial charge in [0.1, 0.15) is 17.7 Å². The molecule has 8 nitrogen and oxygen atoms in total. The third kappa shape index (κ3) is 5.70. The minimum atomic E-state index is -1.13. The van der Waals surface area contributed by atoms with Crippen LogP contribution in [0.2, 0.25) is 0 Å². The topological polar surface area (TPSA) is 108 Å². The van der Waals surface area contributed by atoms with Crippen LogP contribution in [0.5, 0.6) is 0 Å². The lowest BCUT2D eigenvalue weighted by Gasteiger charge is -2.28. The van der Waals surface area contributed by atoms with Crippen LogP contribution in [0.3, 0.4) is 0 Å². The van der Waals surface area contributed by atoms with Crippen LogP contribution in [-0.2, 0) is 14.3 Å². The smallest absolute Gasteiger partial charge is 0.408 e. The molecule has 0 bridgehead atoms. The molecule has 3 N–H and O–H groups in total. The van der Waals surface area contributed by atoms with Crippen molar-refractivity contribution in [1.29, 1.82) is 0 Å². The predicted octanol–water partition coefficient (Wildman–Crippen LogP) is -0.000900. The summed E-state index contributed by atoms with van der Waals surface area (Å²) in [4.78, 5) is 37.7. The molecule has 0 saturated carbocycles. The first kappa shape index (κ1) is 19.2. The van der Waals surface area contributed by atoms with Crippen LogP contribution < -0.4 is 10.6 Å². The molecule has 1 saturated heterocycles. The number of aliphatic hydroxyl groups excluding tert-OH is 1. The molecule has 1 aliphatic rings. The molecule has 3 amide bonds. The quantitative estimate of drug-likeness (QED) is 0.658. The lowest BCUT2D eigenvalue weighted by atomic mass is 10.2.